The summed E-state index contributed by atoms with van der Waals surface area (Å²) in [5.74, 6) is 0.336. The molecule has 0 saturated heterocycles. The Hall–Kier alpha value is -7.06. The number of ether oxygens (including phenoxy) is 1. The molecule has 0 bridgehead atoms. The van der Waals surface area contributed by atoms with Gasteiger partial charge in [-0.15, -0.1) is 20.5 Å². The van der Waals surface area contributed by atoms with Crippen LogP contribution in [-0.2, 0) is 4.74 Å². The number of methoxy groups -OCH3 is 1. The second-order valence-electron chi connectivity index (χ2n) is 11.0. The SMILES string of the molecule is COC(=O)c1cnn(-c2nc(C)ns2)c1N=Nc1c(C)nn(-c2cc(-n3nc(C)c(N=Nc4c(C(=O)CO)cnn4-c4nc(C)ns4)c3N)ncn2)c1N. The molecule has 26 heteroatoms. The summed E-state index contributed by atoms with van der Waals surface area (Å²) < 4.78 is 18.5. The lowest BCUT2D eigenvalue weighted by Gasteiger charge is -2.06. The molecule has 0 spiro atoms. The summed E-state index contributed by atoms with van der Waals surface area (Å²) >= 11 is 2.10. The molecular weight excluding hydrogens is 745 g/mol. The van der Waals surface area contributed by atoms with Crippen LogP contribution in [0, 0.1) is 27.7 Å². The van der Waals surface area contributed by atoms with Gasteiger partial charge in [0.05, 0.1) is 36.5 Å². The molecule has 7 aromatic heterocycles. The van der Waals surface area contributed by atoms with Gasteiger partial charge in [-0.05, 0) is 27.7 Å². The number of esters is 1. The van der Waals surface area contributed by atoms with Crippen LogP contribution in [0.5, 0.6) is 0 Å². The first kappa shape index (κ1) is 35.3. The monoisotopic (exact) mass is 770 g/mol. The lowest BCUT2D eigenvalue weighted by Crippen LogP contribution is -2.09. The van der Waals surface area contributed by atoms with Crippen LogP contribution in [0.4, 0.5) is 34.6 Å². The Bertz CT molecular complexity index is 2450. The molecule has 54 heavy (non-hydrogen) atoms. The third-order valence-electron chi connectivity index (χ3n) is 7.42. The summed E-state index contributed by atoms with van der Waals surface area (Å²) in [4.78, 5) is 42.2. The van der Waals surface area contributed by atoms with E-state index in [1.165, 1.54) is 50.6 Å². The number of nitrogens with zero attached hydrogens (tertiary/aromatic N) is 18. The first-order valence-electron chi connectivity index (χ1n) is 15.3. The van der Waals surface area contributed by atoms with E-state index in [-0.39, 0.29) is 57.4 Å². The predicted octanol–water partition coefficient (Wildman–Crippen LogP) is 3.11. The minimum atomic E-state index is -0.768. The van der Waals surface area contributed by atoms with Crippen molar-refractivity contribution in [3.8, 4) is 21.9 Å². The molecule has 0 unspecified atom stereocenters. The Morgan fingerprint density at radius 2 is 1.24 bits per heavy atom. The summed E-state index contributed by atoms with van der Waals surface area (Å²) in [5, 5.41) is 44.8. The van der Waals surface area contributed by atoms with E-state index < -0.39 is 18.4 Å². The molecule has 0 aliphatic rings. The van der Waals surface area contributed by atoms with E-state index in [1.54, 1.807) is 27.7 Å². The van der Waals surface area contributed by atoms with Crippen LogP contribution in [0.25, 0.3) is 21.9 Å². The molecule has 7 aromatic rings. The zero-order valence-corrected chi connectivity index (χ0v) is 30.3. The summed E-state index contributed by atoms with van der Waals surface area (Å²) in [7, 11) is 1.24. The number of aryl methyl sites for hydroxylation is 4. The van der Waals surface area contributed by atoms with Gasteiger partial charge in [0, 0.05) is 29.1 Å². The highest BCUT2D eigenvalue weighted by molar-refractivity contribution is 7.08. The van der Waals surface area contributed by atoms with Gasteiger partial charge in [-0.1, -0.05) is 0 Å². The number of aliphatic hydroxyl groups excluding tert-OH is 1. The quantitative estimate of drug-likeness (QED) is 0.0966. The number of rotatable bonds is 11. The number of hydrogen-bond donors (Lipinski definition) is 3. The molecule has 274 valence electrons. The maximum Gasteiger partial charge on any atom is 0.343 e. The number of aromatic nitrogens is 14. The first-order chi connectivity index (χ1) is 26.0. The van der Waals surface area contributed by atoms with Crippen molar-refractivity contribution in [1.29, 1.82) is 0 Å². The molecule has 0 fully saturated rings. The molecule has 5 N–H and O–H groups in total. The van der Waals surface area contributed by atoms with Crippen LogP contribution < -0.4 is 11.5 Å². The number of carbonyl (C=O) groups excluding carboxylic acids is 2. The van der Waals surface area contributed by atoms with Gasteiger partial charge < -0.3 is 21.3 Å². The van der Waals surface area contributed by atoms with Crippen molar-refractivity contribution in [1.82, 2.24) is 67.8 Å². The normalized spacial score (nSPS) is 11.7. The molecule has 0 aliphatic carbocycles. The molecule has 7 rings (SSSR count). The van der Waals surface area contributed by atoms with Crippen LogP contribution in [0.15, 0.2) is 45.2 Å². The second kappa shape index (κ2) is 14.2. The van der Waals surface area contributed by atoms with E-state index in [0.717, 1.165) is 23.1 Å². The average molecular weight is 771 g/mol. The van der Waals surface area contributed by atoms with Gasteiger partial charge in [-0.25, -0.2) is 24.7 Å². The van der Waals surface area contributed by atoms with E-state index in [0.29, 0.717) is 33.3 Å². The van der Waals surface area contributed by atoms with E-state index >= 15 is 0 Å². The van der Waals surface area contributed by atoms with Gasteiger partial charge in [0.25, 0.3) is 0 Å². The third-order valence-corrected chi connectivity index (χ3v) is 8.99. The van der Waals surface area contributed by atoms with Gasteiger partial charge in [0.15, 0.2) is 52.1 Å². The summed E-state index contributed by atoms with van der Waals surface area (Å²) in [6.07, 6.45) is 3.82. The second-order valence-corrected chi connectivity index (χ2v) is 12.5. The summed E-state index contributed by atoms with van der Waals surface area (Å²) in [5.41, 5.74) is 14.2. The highest BCUT2D eigenvalue weighted by Crippen LogP contribution is 2.35. The Kier molecular flexibility index (Phi) is 9.27. The van der Waals surface area contributed by atoms with Crippen LogP contribution in [-0.4, -0.2) is 98.4 Å². The number of Topliss-reactive ketones (excluding diaryl/α,β-unsaturated/α-hetero) is 1. The molecular formula is C28H26N20O4S2. The van der Waals surface area contributed by atoms with Crippen LogP contribution in [0.1, 0.15) is 43.8 Å². The van der Waals surface area contributed by atoms with Gasteiger partial charge >= 0.3 is 5.97 Å². The number of nitrogens with two attached hydrogens (primary N) is 2. The van der Waals surface area contributed by atoms with Crippen molar-refractivity contribution in [3.63, 3.8) is 0 Å². The van der Waals surface area contributed by atoms with E-state index in [4.69, 9.17) is 16.2 Å². The van der Waals surface area contributed by atoms with Gasteiger partial charge in [0.2, 0.25) is 10.3 Å². The molecule has 24 nitrogen and oxygen atoms in total. The van der Waals surface area contributed by atoms with Crippen molar-refractivity contribution in [2.75, 3.05) is 25.2 Å². The predicted molar refractivity (Wildman–Crippen MR) is 189 cm³/mol. The molecule has 0 atom stereocenters. The molecule has 0 radical (unpaired) electrons. The molecule has 0 saturated carbocycles. The van der Waals surface area contributed by atoms with Crippen molar-refractivity contribution >= 4 is 69.5 Å². The Balaban J connectivity index is 1.21. The Morgan fingerprint density at radius 1 is 0.759 bits per heavy atom. The highest BCUT2D eigenvalue weighted by atomic mass is 32.1. The van der Waals surface area contributed by atoms with E-state index in [2.05, 4.69) is 69.5 Å². The average Bonchev–Trinajstić information content (AvgIpc) is 4.03. The highest BCUT2D eigenvalue weighted by Gasteiger charge is 2.24. The number of carbonyl (C=O) groups is 2. The minimum absolute atomic E-state index is 0.0137. The topological polar surface area (TPSA) is 314 Å². The molecule has 7 heterocycles. The number of anilines is 2. The first-order valence-corrected chi connectivity index (χ1v) is 16.9. The maximum absolute atomic E-state index is 12.5. The van der Waals surface area contributed by atoms with Gasteiger partial charge in [0.1, 0.15) is 30.1 Å². The van der Waals surface area contributed by atoms with E-state index in [9.17, 15) is 14.7 Å². The molecule has 0 amide bonds. The number of hydrogen-bond acceptors (Lipinski definition) is 22. The number of ketones is 1. The maximum atomic E-state index is 12.5. The molecule has 0 aliphatic heterocycles. The smallest absolute Gasteiger partial charge is 0.343 e. The fourth-order valence-electron chi connectivity index (χ4n) is 4.87. The zero-order chi connectivity index (χ0) is 38.3. The van der Waals surface area contributed by atoms with Crippen LogP contribution in [0.2, 0.25) is 0 Å². The Morgan fingerprint density at radius 3 is 1.69 bits per heavy atom. The van der Waals surface area contributed by atoms with Crippen LogP contribution >= 0.6 is 23.1 Å². The number of nitrogen functional groups attached to an aromatic ring is 2. The van der Waals surface area contributed by atoms with Crippen molar-refractivity contribution in [2.24, 2.45) is 20.5 Å². The van der Waals surface area contributed by atoms with Gasteiger partial charge in [-0.2, -0.15) is 47.9 Å². The van der Waals surface area contributed by atoms with Crippen molar-refractivity contribution < 1.29 is 19.4 Å². The Labute approximate surface area is 310 Å². The lowest BCUT2D eigenvalue weighted by atomic mass is 10.2. The summed E-state index contributed by atoms with van der Waals surface area (Å²) in [6.45, 7) is 5.98. The standard InChI is InChI=1S/C28H26N20O4S2/c1-11-20(37-39-24-15(17(50)9-49)7-33-47(24)27-35-13(3)43-53-27)22(29)45(41-11)18-6-19(32-10-31-18)46-23(30)21(12(2)42-46)38-40-25-16(26(51)52-5)8-34-48(25)28-36-14(4)44-54-28/h6-8,10,49H,9,29-30H2,1-5H3. The summed E-state index contributed by atoms with van der Waals surface area (Å²) in [6, 6.07) is 1.53. The van der Waals surface area contributed by atoms with Crippen molar-refractivity contribution in [3.05, 3.63) is 59.0 Å². The van der Waals surface area contributed by atoms with Gasteiger partial charge in [-0.3, -0.25) is 4.79 Å². The molecule has 0 aromatic carbocycles. The minimum Gasteiger partial charge on any atom is -0.465 e. The van der Waals surface area contributed by atoms with E-state index in [1.807, 2.05) is 0 Å². The third kappa shape index (κ3) is 6.34. The zero-order valence-electron chi connectivity index (χ0n) is 28.7. The lowest BCUT2D eigenvalue weighted by molar-refractivity contribution is 0.0601. The van der Waals surface area contributed by atoms with Crippen LogP contribution in [0.3, 0.4) is 0 Å². The van der Waals surface area contributed by atoms with Crippen molar-refractivity contribution in [2.45, 2.75) is 27.7 Å². The fraction of sp³-hybridized carbons (Fsp3) is 0.214. The fourth-order valence-corrected chi connectivity index (χ4v) is 6.15. The largest absolute Gasteiger partial charge is 0.465 e. The number of azo groups is 2. The number of aliphatic hydroxyl groups is 1.